The van der Waals surface area contributed by atoms with Crippen molar-refractivity contribution in [1.82, 2.24) is 10.3 Å². The van der Waals surface area contributed by atoms with E-state index in [0.29, 0.717) is 5.96 Å². The van der Waals surface area contributed by atoms with E-state index in [2.05, 4.69) is 20.6 Å². The van der Waals surface area contributed by atoms with E-state index in [1.807, 2.05) is 0 Å². The van der Waals surface area contributed by atoms with Crippen molar-refractivity contribution in [1.29, 1.82) is 5.26 Å². The minimum absolute atomic E-state index is 0.411. The number of pyridine rings is 1. The van der Waals surface area contributed by atoms with Crippen LogP contribution in [0.1, 0.15) is 0 Å². The Kier molecular flexibility index (Phi) is 3.27. The van der Waals surface area contributed by atoms with Crippen LogP contribution in [0, 0.1) is 11.5 Å². The first kappa shape index (κ1) is 9.00. The SMILES string of the molecule is CN=C(NC#N)Nc1ccncc1. The van der Waals surface area contributed by atoms with Crippen molar-refractivity contribution in [3.05, 3.63) is 24.5 Å². The van der Waals surface area contributed by atoms with E-state index in [1.165, 1.54) is 0 Å². The molecule has 0 bridgehead atoms. The van der Waals surface area contributed by atoms with Gasteiger partial charge in [-0.15, -0.1) is 0 Å². The first-order chi connectivity index (χ1) is 6.36. The molecule has 0 spiro atoms. The van der Waals surface area contributed by atoms with Gasteiger partial charge in [0.05, 0.1) is 0 Å². The summed E-state index contributed by atoms with van der Waals surface area (Å²) in [6.07, 6.45) is 5.09. The predicted octanol–water partition coefficient (Wildman–Crippen LogP) is 0.550. The Hall–Kier alpha value is -2.09. The van der Waals surface area contributed by atoms with Gasteiger partial charge in [-0.25, -0.2) is 0 Å². The van der Waals surface area contributed by atoms with Crippen LogP contribution in [0.2, 0.25) is 0 Å². The normalized spacial score (nSPS) is 10.3. The number of rotatable bonds is 1. The number of nitriles is 1. The summed E-state index contributed by atoms with van der Waals surface area (Å²) >= 11 is 0. The van der Waals surface area contributed by atoms with Crippen LogP contribution in [0.4, 0.5) is 5.69 Å². The summed E-state index contributed by atoms with van der Waals surface area (Å²) in [6.45, 7) is 0. The Labute approximate surface area is 76.1 Å². The first-order valence-corrected chi connectivity index (χ1v) is 3.65. The summed E-state index contributed by atoms with van der Waals surface area (Å²) in [5.74, 6) is 0.411. The van der Waals surface area contributed by atoms with E-state index < -0.39 is 0 Å². The van der Waals surface area contributed by atoms with Crippen LogP contribution in [0.15, 0.2) is 29.5 Å². The number of anilines is 1. The Balaban J connectivity index is 2.64. The topological polar surface area (TPSA) is 73.1 Å². The molecule has 0 saturated heterocycles. The molecule has 0 fully saturated rings. The smallest absolute Gasteiger partial charge is 0.208 e. The highest BCUT2D eigenvalue weighted by atomic mass is 15.2. The van der Waals surface area contributed by atoms with Crippen LogP contribution in [-0.2, 0) is 0 Å². The summed E-state index contributed by atoms with van der Waals surface area (Å²) < 4.78 is 0. The third-order valence-electron chi connectivity index (χ3n) is 1.34. The lowest BCUT2D eigenvalue weighted by molar-refractivity contribution is 1.21. The van der Waals surface area contributed by atoms with E-state index >= 15 is 0 Å². The Morgan fingerprint density at radius 1 is 1.54 bits per heavy atom. The van der Waals surface area contributed by atoms with Gasteiger partial charge >= 0.3 is 0 Å². The number of aliphatic imine (C=N–C) groups is 1. The minimum atomic E-state index is 0.411. The average Bonchev–Trinajstić information content (AvgIpc) is 2.19. The lowest BCUT2D eigenvalue weighted by atomic mass is 10.4. The first-order valence-electron chi connectivity index (χ1n) is 3.65. The van der Waals surface area contributed by atoms with E-state index in [4.69, 9.17) is 5.26 Å². The Morgan fingerprint density at radius 2 is 2.23 bits per heavy atom. The maximum atomic E-state index is 8.35. The molecule has 1 heterocycles. The van der Waals surface area contributed by atoms with E-state index in [9.17, 15) is 0 Å². The summed E-state index contributed by atoms with van der Waals surface area (Å²) in [7, 11) is 1.59. The quantitative estimate of drug-likeness (QED) is 0.283. The molecule has 0 atom stereocenters. The summed E-state index contributed by atoms with van der Waals surface area (Å²) in [4.78, 5) is 7.68. The van der Waals surface area contributed by atoms with Gasteiger partial charge in [0.15, 0.2) is 6.19 Å². The summed E-state index contributed by atoms with van der Waals surface area (Å²) in [5.41, 5.74) is 0.832. The molecule has 2 N–H and O–H groups in total. The second kappa shape index (κ2) is 4.72. The van der Waals surface area contributed by atoms with Crippen molar-refractivity contribution in [3.63, 3.8) is 0 Å². The second-order valence-corrected chi connectivity index (χ2v) is 2.17. The van der Waals surface area contributed by atoms with E-state index in [0.717, 1.165) is 5.69 Å². The van der Waals surface area contributed by atoms with Crippen molar-refractivity contribution in [3.8, 4) is 6.19 Å². The van der Waals surface area contributed by atoms with Gasteiger partial charge in [-0.05, 0) is 12.1 Å². The molecule has 1 rings (SSSR count). The predicted molar refractivity (Wildman–Crippen MR) is 50.0 cm³/mol. The fraction of sp³-hybridized carbons (Fsp3) is 0.125. The van der Waals surface area contributed by atoms with Gasteiger partial charge in [0.1, 0.15) is 0 Å². The molecular formula is C8H9N5. The maximum absolute atomic E-state index is 8.35. The molecule has 0 aliphatic heterocycles. The molecule has 0 radical (unpaired) electrons. The molecule has 0 aliphatic rings. The minimum Gasteiger partial charge on any atom is -0.325 e. The van der Waals surface area contributed by atoms with Crippen LogP contribution in [-0.4, -0.2) is 18.0 Å². The molecular weight excluding hydrogens is 166 g/mol. The monoisotopic (exact) mass is 175 g/mol. The van der Waals surface area contributed by atoms with Crippen molar-refractivity contribution in [2.45, 2.75) is 0 Å². The zero-order valence-corrected chi connectivity index (χ0v) is 7.15. The highest BCUT2D eigenvalue weighted by Crippen LogP contribution is 2.01. The summed E-state index contributed by atoms with van der Waals surface area (Å²) in [5, 5.41) is 13.7. The van der Waals surface area contributed by atoms with Gasteiger partial charge in [-0.1, -0.05) is 0 Å². The van der Waals surface area contributed by atoms with Crippen molar-refractivity contribution in [2.75, 3.05) is 12.4 Å². The highest BCUT2D eigenvalue weighted by molar-refractivity contribution is 5.94. The zero-order chi connectivity index (χ0) is 9.52. The van der Waals surface area contributed by atoms with Gasteiger partial charge < -0.3 is 5.32 Å². The Morgan fingerprint density at radius 3 is 2.77 bits per heavy atom. The Bertz CT molecular complexity index is 324. The van der Waals surface area contributed by atoms with Crippen molar-refractivity contribution >= 4 is 11.6 Å². The van der Waals surface area contributed by atoms with Crippen molar-refractivity contribution in [2.24, 2.45) is 4.99 Å². The lowest BCUT2D eigenvalue weighted by Crippen LogP contribution is -2.26. The number of guanidine groups is 1. The fourth-order valence-electron chi connectivity index (χ4n) is 0.768. The van der Waals surface area contributed by atoms with Crippen molar-refractivity contribution < 1.29 is 0 Å². The molecule has 5 nitrogen and oxygen atoms in total. The molecule has 0 aliphatic carbocycles. The van der Waals surface area contributed by atoms with Crippen LogP contribution in [0.3, 0.4) is 0 Å². The molecule has 0 amide bonds. The molecule has 0 unspecified atom stereocenters. The maximum Gasteiger partial charge on any atom is 0.208 e. The second-order valence-electron chi connectivity index (χ2n) is 2.17. The third-order valence-corrected chi connectivity index (χ3v) is 1.34. The van der Waals surface area contributed by atoms with Crippen LogP contribution in [0.25, 0.3) is 0 Å². The van der Waals surface area contributed by atoms with Crippen LogP contribution in [0.5, 0.6) is 0 Å². The van der Waals surface area contributed by atoms with E-state index in [-0.39, 0.29) is 0 Å². The van der Waals surface area contributed by atoms with Crippen LogP contribution >= 0.6 is 0 Å². The zero-order valence-electron chi connectivity index (χ0n) is 7.15. The number of nitrogens with zero attached hydrogens (tertiary/aromatic N) is 3. The third kappa shape index (κ3) is 2.79. The van der Waals surface area contributed by atoms with Gasteiger partial charge in [-0.3, -0.25) is 15.3 Å². The van der Waals surface area contributed by atoms with Crippen LogP contribution < -0.4 is 10.6 Å². The standard InChI is InChI=1S/C8H9N5/c1-10-8(12-6-9)13-7-2-4-11-5-3-7/h2-5H,1H3,(H2,10,11,12,13). The molecule has 0 saturated carbocycles. The molecule has 13 heavy (non-hydrogen) atoms. The molecule has 1 aromatic rings. The average molecular weight is 175 g/mol. The van der Waals surface area contributed by atoms with Gasteiger partial charge in [0.25, 0.3) is 0 Å². The number of hydrogen-bond donors (Lipinski definition) is 2. The van der Waals surface area contributed by atoms with E-state index in [1.54, 1.807) is 37.8 Å². The van der Waals surface area contributed by atoms with Gasteiger partial charge in [0, 0.05) is 25.1 Å². The number of aromatic nitrogens is 1. The molecule has 0 aromatic carbocycles. The molecule has 5 heteroatoms. The summed E-state index contributed by atoms with van der Waals surface area (Å²) in [6, 6.07) is 3.56. The van der Waals surface area contributed by atoms with Gasteiger partial charge in [-0.2, -0.15) is 5.26 Å². The highest BCUT2D eigenvalue weighted by Gasteiger charge is 1.95. The number of hydrogen-bond acceptors (Lipinski definition) is 3. The number of nitrogens with one attached hydrogen (secondary N) is 2. The largest absolute Gasteiger partial charge is 0.325 e. The fourth-order valence-corrected chi connectivity index (χ4v) is 0.768. The lowest BCUT2D eigenvalue weighted by Gasteiger charge is -2.05. The molecule has 1 aromatic heterocycles. The van der Waals surface area contributed by atoms with Gasteiger partial charge in [0.2, 0.25) is 5.96 Å². The molecule has 66 valence electrons.